The van der Waals surface area contributed by atoms with E-state index in [4.69, 9.17) is 38.9 Å². The van der Waals surface area contributed by atoms with Gasteiger partial charge >= 0.3 is 0 Å². The second-order valence-corrected chi connectivity index (χ2v) is 22.0. The van der Waals surface area contributed by atoms with Gasteiger partial charge in [0.1, 0.15) is 45.1 Å². The summed E-state index contributed by atoms with van der Waals surface area (Å²) in [6.45, 7) is 11.7. The number of halogens is 2. The fourth-order valence-corrected chi connectivity index (χ4v) is 10.8. The van der Waals surface area contributed by atoms with Crippen LogP contribution >= 0.6 is 31.9 Å². The molecule has 406 valence electrons. The molecule has 10 heteroatoms. The van der Waals surface area contributed by atoms with Crippen molar-refractivity contribution in [1.82, 2.24) is 19.9 Å². The Balaban J connectivity index is 1.30. The topological polar surface area (TPSA) is 88.5 Å². The Morgan fingerprint density at radius 2 is 0.500 bits per heavy atom. The summed E-state index contributed by atoms with van der Waals surface area (Å²) in [5.41, 5.74) is 9.23. The second-order valence-electron chi connectivity index (χ2n) is 20.4. The van der Waals surface area contributed by atoms with Gasteiger partial charge in [-0.25, -0.2) is 19.9 Å². The van der Waals surface area contributed by atoms with Crippen LogP contribution in [0, 0.1) is 0 Å². The third-order valence-corrected chi connectivity index (χ3v) is 15.6. The molecular weight excluding hydrogens is 1070 g/mol. The van der Waals surface area contributed by atoms with Gasteiger partial charge in [-0.05, 0) is 106 Å². The number of hydrogen-bond acceptors (Lipinski definition) is 8. The Hall–Kier alpha value is -5.06. The number of ether oxygens (including phenoxy) is 4. The third kappa shape index (κ3) is 17.5. The van der Waals surface area contributed by atoms with Crippen LogP contribution in [0.4, 0.5) is 0 Å². The first kappa shape index (κ1) is 58.6. The first-order valence-corrected chi connectivity index (χ1v) is 30.8. The first-order valence-electron chi connectivity index (χ1n) is 29.3. The van der Waals surface area contributed by atoms with Crippen LogP contribution in [0.1, 0.15) is 182 Å². The Bertz CT molecular complexity index is 2480. The van der Waals surface area contributed by atoms with Crippen LogP contribution in [0.3, 0.4) is 0 Å². The lowest BCUT2D eigenvalue weighted by molar-refractivity contribution is 0.304. The van der Waals surface area contributed by atoms with Crippen molar-refractivity contribution in [3.63, 3.8) is 0 Å². The molecule has 0 atom stereocenters. The number of fused-ring (bicyclic) bond motifs is 2. The van der Waals surface area contributed by atoms with Crippen LogP contribution in [0.15, 0.2) is 106 Å². The second kappa shape index (κ2) is 32.6. The first-order chi connectivity index (χ1) is 37.4. The van der Waals surface area contributed by atoms with Crippen molar-refractivity contribution < 1.29 is 18.9 Å². The van der Waals surface area contributed by atoms with Crippen molar-refractivity contribution in [3.05, 3.63) is 106 Å². The van der Waals surface area contributed by atoms with Gasteiger partial charge in [-0.15, -0.1) is 0 Å². The summed E-state index contributed by atoms with van der Waals surface area (Å²) in [5.74, 6) is 3.25. The van der Waals surface area contributed by atoms with Gasteiger partial charge < -0.3 is 18.9 Å². The Morgan fingerprint density at radius 1 is 0.289 bits per heavy atom. The van der Waals surface area contributed by atoms with Crippen LogP contribution in [0.5, 0.6) is 23.0 Å². The van der Waals surface area contributed by atoms with E-state index >= 15 is 0 Å². The largest absolute Gasteiger partial charge is 0.494 e. The monoisotopic (exact) mass is 1150 g/mol. The van der Waals surface area contributed by atoms with E-state index in [0.29, 0.717) is 57.4 Å². The van der Waals surface area contributed by atoms with Gasteiger partial charge in [-0.3, -0.25) is 0 Å². The standard InChI is InChI=1S/C66H84Br2N4O4/c1-5-9-13-17-21-25-41-73-53-37-29-33-49(45-53)59-60(50-34-30-38-54(46-50)74-42-26-22-18-14-10-6-2)70-64-58(68)66-65(57(67)63(64)69-59)71-61(51-35-31-39-55(47-51)75-43-27-23-19-15-11-7-3)62(72-66)52-36-32-40-56(48-52)76-44-28-24-20-16-12-8-4/h29-40,45-48H,5-28,41-44H2,1-4H3. The minimum atomic E-state index is 0.668. The molecule has 0 amide bonds. The van der Waals surface area contributed by atoms with Crippen LogP contribution in [-0.4, -0.2) is 46.4 Å². The summed E-state index contributed by atoms with van der Waals surface area (Å²) in [6, 6.07) is 33.1. The van der Waals surface area contributed by atoms with Gasteiger partial charge in [0.05, 0.1) is 58.1 Å². The summed E-state index contributed by atoms with van der Waals surface area (Å²) in [4.78, 5) is 22.2. The number of hydrogen-bond donors (Lipinski definition) is 0. The summed E-state index contributed by atoms with van der Waals surface area (Å²) >= 11 is 8.13. The highest BCUT2D eigenvalue weighted by molar-refractivity contribution is 9.11. The Morgan fingerprint density at radius 3 is 0.724 bits per heavy atom. The predicted octanol–water partition coefficient (Wildman–Crippen LogP) is 20.7. The van der Waals surface area contributed by atoms with E-state index in [1.54, 1.807) is 0 Å². The van der Waals surface area contributed by atoms with E-state index in [-0.39, 0.29) is 0 Å². The molecule has 0 unspecified atom stereocenters. The van der Waals surface area contributed by atoms with E-state index in [9.17, 15) is 0 Å². The highest BCUT2D eigenvalue weighted by Crippen LogP contribution is 2.43. The number of unbranched alkanes of at least 4 members (excludes halogenated alkanes) is 20. The lowest BCUT2D eigenvalue weighted by Crippen LogP contribution is -2.03. The lowest BCUT2D eigenvalue weighted by Gasteiger charge is -2.17. The molecule has 7 aromatic rings. The third-order valence-electron chi connectivity index (χ3n) is 14.1. The molecule has 2 aromatic heterocycles. The zero-order valence-electron chi connectivity index (χ0n) is 46.2. The zero-order valence-corrected chi connectivity index (χ0v) is 49.4. The fourth-order valence-electron chi connectivity index (χ4n) is 9.73. The van der Waals surface area contributed by atoms with Crippen LogP contribution in [0.25, 0.3) is 67.1 Å². The van der Waals surface area contributed by atoms with Crippen molar-refractivity contribution >= 4 is 53.9 Å². The predicted molar refractivity (Wildman–Crippen MR) is 325 cm³/mol. The molecule has 0 saturated heterocycles. The van der Waals surface area contributed by atoms with Crippen LogP contribution in [-0.2, 0) is 0 Å². The molecule has 0 saturated carbocycles. The number of benzene rings is 5. The van der Waals surface area contributed by atoms with E-state index in [0.717, 1.165) is 93.7 Å². The molecule has 76 heavy (non-hydrogen) atoms. The van der Waals surface area contributed by atoms with E-state index in [1.807, 2.05) is 48.5 Å². The number of nitrogens with zero attached hydrogens (tertiary/aromatic N) is 4. The molecule has 2 heterocycles. The number of rotatable bonds is 36. The minimum Gasteiger partial charge on any atom is -0.494 e. The molecule has 0 N–H and O–H groups in total. The molecule has 0 spiro atoms. The lowest BCUT2D eigenvalue weighted by atomic mass is 10.0. The zero-order chi connectivity index (χ0) is 53.2. The van der Waals surface area contributed by atoms with Gasteiger partial charge in [0.25, 0.3) is 0 Å². The highest BCUT2D eigenvalue weighted by Gasteiger charge is 2.24. The van der Waals surface area contributed by atoms with Gasteiger partial charge in [0.2, 0.25) is 0 Å². The van der Waals surface area contributed by atoms with E-state index in [1.165, 1.54) is 128 Å². The summed E-state index contributed by atoms with van der Waals surface area (Å²) in [6.07, 6.45) is 28.9. The molecule has 0 bridgehead atoms. The molecule has 0 radical (unpaired) electrons. The summed E-state index contributed by atoms with van der Waals surface area (Å²) < 4.78 is 27.0. The molecule has 0 aliphatic carbocycles. The molecule has 8 nitrogen and oxygen atoms in total. The van der Waals surface area contributed by atoms with Crippen molar-refractivity contribution in [3.8, 4) is 68.0 Å². The van der Waals surface area contributed by atoms with Crippen LogP contribution < -0.4 is 18.9 Å². The van der Waals surface area contributed by atoms with Gasteiger partial charge in [0.15, 0.2) is 0 Å². The quantitative estimate of drug-likeness (QED) is 0.0284. The minimum absolute atomic E-state index is 0.668. The average molecular weight is 1160 g/mol. The van der Waals surface area contributed by atoms with Gasteiger partial charge in [-0.2, -0.15) is 0 Å². The van der Waals surface area contributed by atoms with Crippen molar-refractivity contribution in [2.24, 2.45) is 0 Å². The molecule has 0 fully saturated rings. The average Bonchev–Trinajstić information content (AvgIpc) is 3.49. The maximum atomic E-state index is 6.40. The smallest absolute Gasteiger partial charge is 0.119 e. The summed E-state index contributed by atoms with van der Waals surface area (Å²) in [5, 5.41) is 0. The maximum absolute atomic E-state index is 6.40. The van der Waals surface area contributed by atoms with Crippen molar-refractivity contribution in [1.29, 1.82) is 0 Å². The van der Waals surface area contributed by atoms with Crippen molar-refractivity contribution in [2.75, 3.05) is 26.4 Å². The molecular formula is C66H84Br2N4O4. The highest BCUT2D eigenvalue weighted by atomic mass is 79.9. The van der Waals surface area contributed by atoms with Crippen molar-refractivity contribution in [2.45, 2.75) is 182 Å². The normalized spacial score (nSPS) is 11.4. The Labute approximate surface area is 472 Å². The fraction of sp³-hybridized carbons (Fsp3) is 0.485. The molecule has 0 aliphatic heterocycles. The van der Waals surface area contributed by atoms with Gasteiger partial charge in [-0.1, -0.05) is 205 Å². The van der Waals surface area contributed by atoms with E-state index < -0.39 is 0 Å². The van der Waals surface area contributed by atoms with Crippen LogP contribution in [0.2, 0.25) is 0 Å². The van der Waals surface area contributed by atoms with Gasteiger partial charge in [0, 0.05) is 22.3 Å². The summed E-state index contributed by atoms with van der Waals surface area (Å²) in [7, 11) is 0. The SMILES string of the molecule is CCCCCCCCOc1cccc(-c2nc3c(Br)c4nc(-c5cccc(OCCCCCCCC)c5)c(-c5cccc(OCCCCCCCC)c5)nc4c(Br)c3nc2-c2cccc(OCCCCCCCC)c2)c1. The molecule has 7 rings (SSSR count). The van der Waals surface area contributed by atoms with E-state index in [2.05, 4.69) is 108 Å². The number of aromatic nitrogens is 4. The molecule has 5 aromatic carbocycles. The Kier molecular flexibility index (Phi) is 25.2. The molecule has 0 aliphatic rings. The maximum Gasteiger partial charge on any atom is 0.119 e.